The molecule has 1 amide bonds. The van der Waals surface area contributed by atoms with E-state index in [1.807, 2.05) is 60.7 Å². The lowest BCUT2D eigenvalue weighted by molar-refractivity contribution is -0.219. The molecule has 4 rings (SSSR count). The summed E-state index contributed by atoms with van der Waals surface area (Å²) in [5, 5.41) is 38.0. The van der Waals surface area contributed by atoms with Crippen molar-refractivity contribution in [3.63, 3.8) is 0 Å². The number of aromatic nitrogens is 3. The minimum Gasteiger partial charge on any atom is -0.394 e. The van der Waals surface area contributed by atoms with Gasteiger partial charge in [0.15, 0.2) is 12.1 Å². The molecule has 0 unspecified atom stereocenters. The molecule has 0 aliphatic carbocycles. The van der Waals surface area contributed by atoms with E-state index in [9.17, 15) is 20.1 Å². The molecule has 3 aromatic rings. The summed E-state index contributed by atoms with van der Waals surface area (Å²) < 4.78 is 9.30. The first-order valence-corrected chi connectivity index (χ1v) is 10.5. The van der Waals surface area contributed by atoms with Gasteiger partial charge in [-0.25, -0.2) is 4.68 Å². The van der Waals surface area contributed by atoms with Crippen molar-refractivity contribution in [3.05, 3.63) is 65.4 Å². The monoisotopic (exact) mass is 456 g/mol. The molecule has 2 aromatic carbocycles. The number of nitrogens with one attached hydrogen (secondary N) is 1. The highest BCUT2D eigenvalue weighted by Gasteiger charge is 2.46. The first kappa shape index (κ1) is 22.3. The normalized spacial score (nSPS) is 25.4. The van der Waals surface area contributed by atoms with Crippen molar-refractivity contribution in [2.75, 3.05) is 6.61 Å². The lowest BCUT2D eigenvalue weighted by atomic mass is 9.96. The molecule has 1 aliphatic heterocycles. The largest absolute Gasteiger partial charge is 0.394 e. The summed E-state index contributed by atoms with van der Waals surface area (Å²) in [5.41, 5.74) is 1.57. The number of carbonyl (C=O) groups excluding carboxylic acids is 1. The lowest BCUT2D eigenvalue weighted by Gasteiger charge is -2.42. The van der Waals surface area contributed by atoms with Gasteiger partial charge in [-0.2, -0.15) is 0 Å². The van der Waals surface area contributed by atoms with E-state index in [-0.39, 0.29) is 4.77 Å². The smallest absolute Gasteiger partial charge is 0.217 e. The van der Waals surface area contributed by atoms with E-state index in [2.05, 4.69) is 5.32 Å². The zero-order valence-electron chi connectivity index (χ0n) is 17.3. The average molecular weight is 457 g/mol. The Morgan fingerprint density at radius 2 is 1.72 bits per heavy atom. The topological polar surface area (TPSA) is 122 Å². The summed E-state index contributed by atoms with van der Waals surface area (Å²) in [6, 6.07) is 17.8. The molecule has 32 heavy (non-hydrogen) atoms. The molecule has 4 N–H and O–H groups in total. The van der Waals surface area contributed by atoms with Crippen LogP contribution < -0.4 is 5.32 Å². The van der Waals surface area contributed by atoms with Crippen molar-refractivity contribution in [2.45, 2.75) is 37.5 Å². The van der Waals surface area contributed by atoms with Crippen molar-refractivity contribution in [2.24, 2.45) is 0 Å². The Morgan fingerprint density at radius 1 is 1.09 bits per heavy atom. The van der Waals surface area contributed by atoms with E-state index >= 15 is 0 Å². The lowest BCUT2D eigenvalue weighted by Crippen LogP contribution is -2.62. The molecule has 0 saturated carbocycles. The maximum atomic E-state index is 11.8. The summed E-state index contributed by atoms with van der Waals surface area (Å²) >= 11 is 5.75. The third-order valence-electron chi connectivity index (χ3n) is 5.36. The Bertz CT molecular complexity index is 1130. The molecule has 1 fully saturated rings. The Kier molecular flexibility index (Phi) is 6.49. The van der Waals surface area contributed by atoms with Crippen LogP contribution in [-0.2, 0) is 9.53 Å². The van der Waals surface area contributed by atoms with Crippen LogP contribution in [0.15, 0.2) is 60.7 Å². The van der Waals surface area contributed by atoms with Gasteiger partial charge in [0.25, 0.3) is 0 Å². The Balaban J connectivity index is 1.89. The van der Waals surface area contributed by atoms with Gasteiger partial charge < -0.3 is 25.4 Å². The summed E-state index contributed by atoms with van der Waals surface area (Å²) in [7, 11) is 0. The number of amides is 1. The van der Waals surface area contributed by atoms with Gasteiger partial charge in [-0.3, -0.25) is 9.36 Å². The van der Waals surface area contributed by atoms with E-state index in [4.69, 9.17) is 22.1 Å². The van der Waals surface area contributed by atoms with Crippen LogP contribution in [0, 0.1) is 4.77 Å². The van der Waals surface area contributed by atoms with Gasteiger partial charge in [0.1, 0.15) is 24.4 Å². The van der Waals surface area contributed by atoms with Crippen LogP contribution in [0.2, 0.25) is 0 Å². The third kappa shape index (κ3) is 4.10. The van der Waals surface area contributed by atoms with Crippen molar-refractivity contribution < 1.29 is 24.9 Å². The zero-order valence-corrected chi connectivity index (χ0v) is 18.1. The molecule has 5 atom stereocenters. The van der Waals surface area contributed by atoms with Gasteiger partial charge in [-0.05, 0) is 24.4 Å². The van der Waals surface area contributed by atoms with E-state index in [0.29, 0.717) is 5.82 Å². The van der Waals surface area contributed by atoms with Crippen LogP contribution in [-0.4, -0.2) is 66.5 Å². The first-order chi connectivity index (χ1) is 15.4. The number of carbonyl (C=O) groups is 1. The molecule has 0 bridgehead atoms. The van der Waals surface area contributed by atoms with Crippen LogP contribution in [0.25, 0.3) is 17.1 Å². The number of nitrogens with zero attached hydrogens (tertiary/aromatic N) is 3. The van der Waals surface area contributed by atoms with Crippen molar-refractivity contribution in [1.29, 1.82) is 0 Å². The number of ether oxygens (including phenoxy) is 1. The minimum absolute atomic E-state index is 0.260. The molecule has 0 spiro atoms. The van der Waals surface area contributed by atoms with E-state index in [1.165, 1.54) is 11.6 Å². The number of rotatable bonds is 5. The van der Waals surface area contributed by atoms with E-state index in [0.717, 1.165) is 11.3 Å². The van der Waals surface area contributed by atoms with Gasteiger partial charge in [0, 0.05) is 18.2 Å². The fourth-order valence-electron chi connectivity index (χ4n) is 3.83. The second-order valence-electron chi connectivity index (χ2n) is 7.54. The first-order valence-electron chi connectivity index (χ1n) is 10.1. The van der Waals surface area contributed by atoms with Crippen LogP contribution >= 0.6 is 12.2 Å². The van der Waals surface area contributed by atoms with Gasteiger partial charge in [-0.15, -0.1) is 5.10 Å². The molecule has 10 heteroatoms. The zero-order chi connectivity index (χ0) is 22.8. The van der Waals surface area contributed by atoms with Crippen molar-refractivity contribution >= 4 is 18.1 Å². The number of hydrogen-bond acceptors (Lipinski definition) is 7. The Labute approximate surface area is 189 Å². The molecule has 1 aliphatic rings. The summed E-state index contributed by atoms with van der Waals surface area (Å²) in [6.07, 6.45) is -4.94. The second kappa shape index (κ2) is 9.31. The van der Waals surface area contributed by atoms with Gasteiger partial charge >= 0.3 is 0 Å². The molecule has 2 heterocycles. The van der Waals surface area contributed by atoms with Gasteiger partial charge in [0.05, 0.1) is 6.61 Å². The fraction of sp³-hybridized carbons (Fsp3) is 0.318. The third-order valence-corrected chi connectivity index (χ3v) is 5.73. The number of para-hydroxylation sites is 1. The number of aliphatic hydroxyl groups excluding tert-OH is 3. The maximum absolute atomic E-state index is 11.8. The highest BCUT2D eigenvalue weighted by Crippen LogP contribution is 2.31. The highest BCUT2D eigenvalue weighted by atomic mass is 32.1. The maximum Gasteiger partial charge on any atom is 0.217 e. The fourth-order valence-corrected chi connectivity index (χ4v) is 4.17. The predicted molar refractivity (Wildman–Crippen MR) is 118 cm³/mol. The van der Waals surface area contributed by atoms with Gasteiger partial charge in [-0.1, -0.05) is 48.5 Å². The van der Waals surface area contributed by atoms with Crippen LogP contribution in [0.3, 0.4) is 0 Å². The van der Waals surface area contributed by atoms with E-state index < -0.39 is 43.1 Å². The van der Waals surface area contributed by atoms with Gasteiger partial charge in [0.2, 0.25) is 10.7 Å². The highest BCUT2D eigenvalue weighted by molar-refractivity contribution is 7.71. The Morgan fingerprint density at radius 3 is 2.31 bits per heavy atom. The number of aliphatic hydroxyl groups is 3. The Hall–Kier alpha value is -2.89. The van der Waals surface area contributed by atoms with Crippen LogP contribution in [0.5, 0.6) is 0 Å². The standard InChI is InChI=1S/C22H24N4O5S/c1-13(28)23-17-19(30)18(29)16(12-27)31-21(17)26-22(32)25(15-10-6-3-7-11-15)20(24-26)14-8-4-2-5-9-14/h2-11,16-19,21,27,29-30H,12H2,1H3,(H,23,28)/t16-,17+,18-,19-,21-/m1/s1. The van der Waals surface area contributed by atoms with Crippen molar-refractivity contribution in [3.8, 4) is 17.1 Å². The number of benzene rings is 2. The summed E-state index contributed by atoms with van der Waals surface area (Å²) in [5.74, 6) is 0.114. The number of hydrogen-bond donors (Lipinski definition) is 4. The molecule has 0 radical (unpaired) electrons. The molecule has 168 valence electrons. The molecule has 1 aromatic heterocycles. The molecular formula is C22H24N4O5S. The van der Waals surface area contributed by atoms with E-state index in [1.54, 1.807) is 4.57 Å². The quantitative estimate of drug-likeness (QED) is 0.426. The second-order valence-corrected chi connectivity index (χ2v) is 7.91. The predicted octanol–water partition coefficient (Wildman–Crippen LogP) is 1.19. The minimum atomic E-state index is -1.40. The van der Waals surface area contributed by atoms with Crippen LogP contribution in [0.4, 0.5) is 0 Å². The van der Waals surface area contributed by atoms with Crippen LogP contribution in [0.1, 0.15) is 13.2 Å². The molecule has 1 saturated heterocycles. The van der Waals surface area contributed by atoms with Crippen molar-refractivity contribution in [1.82, 2.24) is 19.7 Å². The summed E-state index contributed by atoms with van der Waals surface area (Å²) in [4.78, 5) is 11.8. The average Bonchev–Trinajstić information content (AvgIpc) is 3.15. The SMILES string of the molecule is CC(=O)N[C@H]1[C@@H](O)[C@H](O)[C@@H](CO)O[C@H]1n1nc(-c2ccccc2)n(-c2ccccc2)c1=S. The summed E-state index contributed by atoms with van der Waals surface area (Å²) in [6.45, 7) is 0.769. The molecular weight excluding hydrogens is 432 g/mol. The molecule has 9 nitrogen and oxygen atoms in total.